The van der Waals surface area contributed by atoms with Crippen LogP contribution in [0.15, 0.2) is 29.2 Å². The van der Waals surface area contributed by atoms with Crippen LogP contribution in [-0.4, -0.2) is 27.4 Å². The molecule has 0 spiro atoms. The molecule has 0 saturated carbocycles. The van der Waals surface area contributed by atoms with Crippen LogP contribution in [0.5, 0.6) is 0 Å². The summed E-state index contributed by atoms with van der Waals surface area (Å²) in [5.74, 6) is 1.13. The van der Waals surface area contributed by atoms with Crippen molar-refractivity contribution in [2.24, 2.45) is 0 Å². The fourth-order valence-electron chi connectivity index (χ4n) is 1.31. The van der Waals surface area contributed by atoms with Crippen molar-refractivity contribution >= 4 is 5.91 Å². The summed E-state index contributed by atoms with van der Waals surface area (Å²) in [4.78, 5) is 23.3. The van der Waals surface area contributed by atoms with Gasteiger partial charge in [-0.15, -0.1) is 0 Å². The van der Waals surface area contributed by atoms with E-state index in [1.165, 1.54) is 18.6 Å². The molecule has 0 radical (unpaired) electrons. The van der Waals surface area contributed by atoms with E-state index in [1.54, 1.807) is 6.20 Å². The molecule has 0 aromatic carbocycles. The zero-order valence-electron chi connectivity index (χ0n) is 9.38. The molecule has 2 aromatic heterocycles. The summed E-state index contributed by atoms with van der Waals surface area (Å²) < 4.78 is 5.28. The molecule has 2 aromatic rings. The Kier molecular flexibility index (Phi) is 3.44. The smallest absolute Gasteiger partial charge is 0.271 e. The Balaban J connectivity index is 1.81. The molecule has 0 aliphatic carbocycles. The van der Waals surface area contributed by atoms with Crippen molar-refractivity contribution in [2.45, 2.75) is 13.3 Å². The average molecular weight is 232 g/mol. The normalized spacial score (nSPS) is 10.2. The van der Waals surface area contributed by atoms with Crippen molar-refractivity contribution in [3.05, 3.63) is 42.1 Å². The predicted octanol–water partition coefficient (Wildman–Crippen LogP) is 0.746. The van der Waals surface area contributed by atoms with Crippen LogP contribution in [0.3, 0.4) is 0 Å². The van der Waals surface area contributed by atoms with E-state index in [4.69, 9.17) is 4.42 Å². The van der Waals surface area contributed by atoms with Gasteiger partial charge < -0.3 is 9.73 Å². The van der Waals surface area contributed by atoms with Gasteiger partial charge in [-0.05, 0) is 6.92 Å². The minimum Gasteiger partial charge on any atom is -0.446 e. The summed E-state index contributed by atoms with van der Waals surface area (Å²) in [6.45, 7) is 2.28. The SMILES string of the molecule is Cc1cnc(CCNC(=O)c2cnccn2)o1. The number of oxazole rings is 1. The highest BCUT2D eigenvalue weighted by Crippen LogP contribution is 2.01. The maximum atomic E-state index is 11.6. The molecule has 1 amide bonds. The van der Waals surface area contributed by atoms with E-state index in [1.807, 2.05) is 6.92 Å². The second-order valence-electron chi connectivity index (χ2n) is 3.46. The van der Waals surface area contributed by atoms with Crippen LogP contribution in [0.2, 0.25) is 0 Å². The first-order valence-corrected chi connectivity index (χ1v) is 5.21. The van der Waals surface area contributed by atoms with Crippen LogP contribution < -0.4 is 5.32 Å². The summed E-state index contributed by atoms with van der Waals surface area (Å²) in [7, 11) is 0. The van der Waals surface area contributed by atoms with Crippen LogP contribution in [0.1, 0.15) is 22.1 Å². The Labute approximate surface area is 98.1 Å². The highest BCUT2D eigenvalue weighted by molar-refractivity contribution is 5.91. The van der Waals surface area contributed by atoms with Gasteiger partial charge in [0, 0.05) is 25.4 Å². The lowest BCUT2D eigenvalue weighted by atomic mass is 10.4. The number of hydrogen-bond acceptors (Lipinski definition) is 5. The van der Waals surface area contributed by atoms with Crippen molar-refractivity contribution in [2.75, 3.05) is 6.54 Å². The summed E-state index contributed by atoms with van der Waals surface area (Å²) in [6.07, 6.45) is 6.63. The molecule has 17 heavy (non-hydrogen) atoms. The summed E-state index contributed by atoms with van der Waals surface area (Å²) in [6, 6.07) is 0. The van der Waals surface area contributed by atoms with Crippen LogP contribution >= 0.6 is 0 Å². The number of carbonyl (C=O) groups is 1. The molecule has 2 heterocycles. The fourth-order valence-corrected chi connectivity index (χ4v) is 1.31. The van der Waals surface area contributed by atoms with Gasteiger partial charge in [-0.25, -0.2) is 9.97 Å². The van der Waals surface area contributed by atoms with Crippen LogP contribution in [-0.2, 0) is 6.42 Å². The molecule has 6 nitrogen and oxygen atoms in total. The van der Waals surface area contributed by atoms with Gasteiger partial charge in [-0.3, -0.25) is 9.78 Å². The molecule has 0 aliphatic rings. The van der Waals surface area contributed by atoms with Crippen molar-refractivity contribution in [1.82, 2.24) is 20.3 Å². The summed E-state index contributed by atoms with van der Waals surface area (Å²) in [5.41, 5.74) is 0.302. The van der Waals surface area contributed by atoms with Gasteiger partial charge >= 0.3 is 0 Å². The van der Waals surface area contributed by atoms with E-state index in [9.17, 15) is 4.79 Å². The maximum Gasteiger partial charge on any atom is 0.271 e. The van der Waals surface area contributed by atoms with Gasteiger partial charge in [-0.2, -0.15) is 0 Å². The molecule has 0 saturated heterocycles. The number of aromatic nitrogens is 3. The lowest BCUT2D eigenvalue weighted by molar-refractivity contribution is 0.0948. The van der Waals surface area contributed by atoms with Gasteiger partial charge in [0.25, 0.3) is 5.91 Å². The summed E-state index contributed by atoms with van der Waals surface area (Å²) >= 11 is 0. The Morgan fingerprint density at radius 2 is 2.24 bits per heavy atom. The van der Waals surface area contributed by atoms with E-state index in [0.29, 0.717) is 24.6 Å². The Morgan fingerprint density at radius 3 is 2.88 bits per heavy atom. The first kappa shape index (κ1) is 11.3. The zero-order valence-corrected chi connectivity index (χ0v) is 9.38. The maximum absolute atomic E-state index is 11.6. The van der Waals surface area contributed by atoms with Crippen LogP contribution in [0.25, 0.3) is 0 Å². The topological polar surface area (TPSA) is 80.9 Å². The Morgan fingerprint density at radius 1 is 1.35 bits per heavy atom. The van der Waals surface area contributed by atoms with Gasteiger partial charge in [-0.1, -0.05) is 0 Å². The zero-order chi connectivity index (χ0) is 12.1. The van der Waals surface area contributed by atoms with Crippen molar-refractivity contribution < 1.29 is 9.21 Å². The van der Waals surface area contributed by atoms with Gasteiger partial charge in [0.2, 0.25) is 0 Å². The second-order valence-corrected chi connectivity index (χ2v) is 3.46. The molecule has 0 aliphatic heterocycles. The fraction of sp³-hybridized carbons (Fsp3) is 0.273. The lowest BCUT2D eigenvalue weighted by Crippen LogP contribution is -2.26. The molecule has 1 N–H and O–H groups in total. The van der Waals surface area contributed by atoms with Crippen molar-refractivity contribution in [3.63, 3.8) is 0 Å². The molecule has 0 atom stereocenters. The van der Waals surface area contributed by atoms with Crippen LogP contribution in [0, 0.1) is 6.92 Å². The van der Waals surface area contributed by atoms with E-state index in [0.717, 1.165) is 5.76 Å². The largest absolute Gasteiger partial charge is 0.446 e. The molecule has 0 fully saturated rings. The van der Waals surface area contributed by atoms with Gasteiger partial charge in [0.1, 0.15) is 11.5 Å². The number of rotatable bonds is 4. The molecule has 88 valence electrons. The first-order chi connectivity index (χ1) is 8.25. The number of carbonyl (C=O) groups excluding carboxylic acids is 1. The molecule has 2 rings (SSSR count). The third-order valence-corrected chi connectivity index (χ3v) is 2.09. The third kappa shape index (κ3) is 3.10. The van der Waals surface area contributed by atoms with Crippen molar-refractivity contribution in [1.29, 1.82) is 0 Å². The molecule has 0 unspecified atom stereocenters. The van der Waals surface area contributed by atoms with E-state index in [2.05, 4.69) is 20.3 Å². The molecular weight excluding hydrogens is 220 g/mol. The van der Waals surface area contributed by atoms with Crippen LogP contribution in [0.4, 0.5) is 0 Å². The number of amides is 1. The molecule has 0 bridgehead atoms. The first-order valence-electron chi connectivity index (χ1n) is 5.21. The third-order valence-electron chi connectivity index (χ3n) is 2.09. The van der Waals surface area contributed by atoms with E-state index < -0.39 is 0 Å². The minimum absolute atomic E-state index is 0.249. The highest BCUT2D eigenvalue weighted by Gasteiger charge is 2.06. The van der Waals surface area contributed by atoms with Crippen molar-refractivity contribution in [3.8, 4) is 0 Å². The number of nitrogens with one attached hydrogen (secondary N) is 1. The van der Waals surface area contributed by atoms with E-state index >= 15 is 0 Å². The number of hydrogen-bond donors (Lipinski definition) is 1. The standard InChI is InChI=1S/C11H12N4O2/c1-8-6-15-10(17-8)2-3-14-11(16)9-7-12-4-5-13-9/h4-7H,2-3H2,1H3,(H,14,16). The van der Waals surface area contributed by atoms with Gasteiger partial charge in [0.15, 0.2) is 5.89 Å². The van der Waals surface area contributed by atoms with Gasteiger partial charge in [0.05, 0.1) is 12.4 Å². The van der Waals surface area contributed by atoms with E-state index in [-0.39, 0.29) is 5.91 Å². The average Bonchev–Trinajstić information content (AvgIpc) is 2.76. The quantitative estimate of drug-likeness (QED) is 0.841. The number of nitrogens with zero attached hydrogens (tertiary/aromatic N) is 3. The second kappa shape index (κ2) is 5.20. The predicted molar refractivity (Wildman–Crippen MR) is 59.3 cm³/mol. The lowest BCUT2D eigenvalue weighted by Gasteiger charge is -2.01. The Hall–Kier alpha value is -2.24. The minimum atomic E-state index is -0.249. The summed E-state index contributed by atoms with van der Waals surface area (Å²) in [5, 5.41) is 2.72. The number of aryl methyl sites for hydroxylation is 1. The monoisotopic (exact) mass is 232 g/mol. The molecule has 6 heteroatoms. The molecular formula is C11H12N4O2. The Bertz CT molecular complexity index is 495. The highest BCUT2D eigenvalue weighted by atomic mass is 16.4.